The Kier molecular flexibility index (Phi) is 9.77. The molecule has 2 aromatic carbocycles. The van der Waals surface area contributed by atoms with Crippen LogP contribution in [0.4, 0.5) is 5.13 Å². The standard InChI is InChI=1S/C26H31BrN4O2S/c1-4-6-7-9-18-12-14-19(15-13-18)23(32)28-22(17(3)5-2)24(33)29-26-31-30-25(34-26)20-10-8-11-21(27)16-20/h8,10-17,22H,4-7,9H2,1-3H3,(H,28,32)(H,29,31,33)/t17-,22-/m0/s1. The molecule has 1 heterocycles. The van der Waals surface area contributed by atoms with E-state index in [1.807, 2.05) is 62.4 Å². The number of anilines is 1. The predicted octanol–water partition coefficient (Wildman–Crippen LogP) is 6.48. The minimum Gasteiger partial charge on any atom is -0.340 e. The molecule has 0 aliphatic rings. The van der Waals surface area contributed by atoms with Gasteiger partial charge < -0.3 is 5.32 Å². The van der Waals surface area contributed by atoms with Gasteiger partial charge in [0.2, 0.25) is 11.0 Å². The summed E-state index contributed by atoms with van der Waals surface area (Å²) in [5.41, 5.74) is 2.68. The number of nitrogens with zero attached hydrogens (tertiary/aromatic N) is 2. The Hall–Kier alpha value is -2.58. The Labute approximate surface area is 213 Å². The molecule has 8 heteroatoms. The van der Waals surface area contributed by atoms with E-state index in [1.54, 1.807) is 0 Å². The van der Waals surface area contributed by atoms with Gasteiger partial charge in [-0.2, -0.15) is 0 Å². The molecule has 0 saturated carbocycles. The maximum atomic E-state index is 13.1. The van der Waals surface area contributed by atoms with E-state index in [0.717, 1.165) is 29.3 Å². The summed E-state index contributed by atoms with van der Waals surface area (Å²) in [6.07, 6.45) is 5.29. The summed E-state index contributed by atoms with van der Waals surface area (Å²) in [5, 5.41) is 15.2. The number of carbonyl (C=O) groups excluding carboxylic acids is 2. The van der Waals surface area contributed by atoms with Gasteiger partial charge in [0.05, 0.1) is 0 Å². The summed E-state index contributed by atoms with van der Waals surface area (Å²) >= 11 is 4.75. The van der Waals surface area contributed by atoms with Crippen molar-refractivity contribution in [3.8, 4) is 10.6 Å². The summed E-state index contributed by atoms with van der Waals surface area (Å²) in [4.78, 5) is 26.0. The Bertz CT molecular complexity index is 1100. The predicted molar refractivity (Wildman–Crippen MR) is 142 cm³/mol. The van der Waals surface area contributed by atoms with Crippen molar-refractivity contribution in [2.45, 2.75) is 58.9 Å². The van der Waals surface area contributed by atoms with E-state index in [9.17, 15) is 9.59 Å². The lowest BCUT2D eigenvalue weighted by atomic mass is 9.97. The molecule has 3 rings (SSSR count). The van der Waals surface area contributed by atoms with E-state index in [4.69, 9.17) is 0 Å². The van der Waals surface area contributed by atoms with Crippen LogP contribution in [-0.2, 0) is 11.2 Å². The first-order valence-corrected chi connectivity index (χ1v) is 13.3. The minimum absolute atomic E-state index is 0.0465. The lowest BCUT2D eigenvalue weighted by Crippen LogP contribution is -2.47. The van der Waals surface area contributed by atoms with Crippen LogP contribution in [0.2, 0.25) is 0 Å². The Morgan fingerprint density at radius 2 is 1.82 bits per heavy atom. The van der Waals surface area contributed by atoms with Crippen LogP contribution in [0.5, 0.6) is 0 Å². The highest BCUT2D eigenvalue weighted by Gasteiger charge is 2.27. The second-order valence-corrected chi connectivity index (χ2v) is 10.3. The maximum absolute atomic E-state index is 13.1. The summed E-state index contributed by atoms with van der Waals surface area (Å²) < 4.78 is 0.944. The molecule has 2 atom stereocenters. The van der Waals surface area contributed by atoms with Gasteiger partial charge in [-0.3, -0.25) is 14.9 Å². The van der Waals surface area contributed by atoms with Gasteiger partial charge in [0.25, 0.3) is 5.91 Å². The molecule has 0 spiro atoms. The molecule has 0 bridgehead atoms. The van der Waals surface area contributed by atoms with Crippen molar-refractivity contribution in [1.82, 2.24) is 15.5 Å². The lowest BCUT2D eigenvalue weighted by molar-refractivity contribution is -0.119. The number of rotatable bonds is 11. The van der Waals surface area contributed by atoms with Gasteiger partial charge in [-0.05, 0) is 48.6 Å². The lowest BCUT2D eigenvalue weighted by Gasteiger charge is -2.23. The first-order valence-electron chi connectivity index (χ1n) is 11.7. The highest BCUT2D eigenvalue weighted by atomic mass is 79.9. The first kappa shape index (κ1) is 26.0. The molecule has 0 aliphatic carbocycles. The molecule has 2 amide bonds. The van der Waals surface area contributed by atoms with Crippen LogP contribution in [0.25, 0.3) is 10.6 Å². The zero-order chi connectivity index (χ0) is 24.5. The van der Waals surface area contributed by atoms with Gasteiger partial charge in [-0.25, -0.2) is 0 Å². The summed E-state index contributed by atoms with van der Waals surface area (Å²) in [7, 11) is 0. The van der Waals surface area contributed by atoms with E-state index >= 15 is 0 Å². The molecular weight excluding hydrogens is 512 g/mol. The highest BCUT2D eigenvalue weighted by Crippen LogP contribution is 2.28. The van der Waals surface area contributed by atoms with Gasteiger partial charge in [0.15, 0.2) is 0 Å². The SMILES string of the molecule is CCCCCc1ccc(C(=O)N[C@H](C(=O)Nc2nnc(-c3cccc(Br)c3)s2)[C@@H](C)CC)cc1. The van der Waals surface area contributed by atoms with E-state index < -0.39 is 6.04 Å². The Morgan fingerprint density at radius 3 is 2.50 bits per heavy atom. The smallest absolute Gasteiger partial charge is 0.251 e. The minimum atomic E-state index is -0.681. The first-order chi connectivity index (χ1) is 16.4. The quantitative estimate of drug-likeness (QED) is 0.271. The maximum Gasteiger partial charge on any atom is 0.251 e. The highest BCUT2D eigenvalue weighted by molar-refractivity contribution is 9.10. The third kappa shape index (κ3) is 7.21. The average molecular weight is 544 g/mol. The van der Waals surface area contributed by atoms with Crippen LogP contribution in [-0.4, -0.2) is 28.1 Å². The number of unbranched alkanes of at least 4 members (excludes halogenated alkanes) is 2. The molecule has 34 heavy (non-hydrogen) atoms. The molecule has 2 N–H and O–H groups in total. The van der Waals surface area contributed by atoms with Crippen molar-refractivity contribution in [3.63, 3.8) is 0 Å². The molecule has 180 valence electrons. The molecule has 3 aromatic rings. The number of aromatic nitrogens is 2. The fourth-order valence-corrected chi connectivity index (χ4v) is 4.67. The third-order valence-electron chi connectivity index (χ3n) is 5.79. The van der Waals surface area contributed by atoms with Crippen LogP contribution in [0, 0.1) is 5.92 Å². The molecule has 6 nitrogen and oxygen atoms in total. The fourth-order valence-electron chi connectivity index (χ4n) is 3.52. The molecular formula is C26H31BrN4O2S. The Balaban J connectivity index is 1.66. The van der Waals surface area contributed by atoms with Crippen molar-refractivity contribution < 1.29 is 9.59 Å². The number of carbonyl (C=O) groups is 2. The monoisotopic (exact) mass is 542 g/mol. The number of hydrogen-bond donors (Lipinski definition) is 2. The molecule has 0 unspecified atom stereocenters. The van der Waals surface area contributed by atoms with Gasteiger partial charge in [-0.15, -0.1) is 10.2 Å². The second kappa shape index (κ2) is 12.8. The summed E-state index contributed by atoms with van der Waals surface area (Å²) in [6, 6.07) is 14.7. The zero-order valence-electron chi connectivity index (χ0n) is 19.8. The molecule has 0 aliphatic heterocycles. The van der Waals surface area contributed by atoms with Crippen molar-refractivity contribution in [2.75, 3.05) is 5.32 Å². The molecule has 0 fully saturated rings. The third-order valence-corrected chi connectivity index (χ3v) is 7.17. The van der Waals surface area contributed by atoms with Gasteiger partial charge in [0, 0.05) is 15.6 Å². The van der Waals surface area contributed by atoms with Crippen molar-refractivity contribution >= 4 is 44.2 Å². The molecule has 0 radical (unpaired) electrons. The second-order valence-electron chi connectivity index (χ2n) is 8.40. The van der Waals surface area contributed by atoms with Crippen molar-refractivity contribution in [3.05, 3.63) is 64.1 Å². The number of nitrogens with one attached hydrogen (secondary N) is 2. The van der Waals surface area contributed by atoms with Gasteiger partial charge >= 0.3 is 0 Å². The number of aryl methyl sites for hydroxylation is 1. The largest absolute Gasteiger partial charge is 0.340 e. The molecule has 1 aromatic heterocycles. The van der Waals surface area contributed by atoms with Gasteiger partial charge in [-0.1, -0.05) is 91.6 Å². The van der Waals surface area contributed by atoms with Crippen molar-refractivity contribution in [2.24, 2.45) is 5.92 Å². The average Bonchev–Trinajstić information content (AvgIpc) is 3.31. The topological polar surface area (TPSA) is 84.0 Å². The fraction of sp³-hybridized carbons (Fsp3) is 0.385. The van der Waals surface area contributed by atoms with Crippen LogP contribution in [0.3, 0.4) is 0 Å². The van der Waals surface area contributed by atoms with Crippen LogP contribution in [0.1, 0.15) is 62.4 Å². The summed E-state index contributed by atoms with van der Waals surface area (Å²) in [5.74, 6) is -0.599. The number of halogens is 1. The van der Waals surface area contributed by atoms with Gasteiger partial charge in [0.1, 0.15) is 11.0 Å². The van der Waals surface area contributed by atoms with Crippen LogP contribution < -0.4 is 10.6 Å². The number of hydrogen-bond acceptors (Lipinski definition) is 5. The summed E-state index contributed by atoms with van der Waals surface area (Å²) in [6.45, 7) is 6.14. The van der Waals surface area contributed by atoms with E-state index in [0.29, 0.717) is 15.7 Å². The van der Waals surface area contributed by atoms with E-state index in [-0.39, 0.29) is 17.7 Å². The molecule has 0 saturated heterocycles. The van der Waals surface area contributed by atoms with E-state index in [2.05, 4.69) is 43.7 Å². The Morgan fingerprint density at radius 1 is 1.06 bits per heavy atom. The van der Waals surface area contributed by atoms with Crippen LogP contribution in [0.15, 0.2) is 53.0 Å². The van der Waals surface area contributed by atoms with Crippen LogP contribution >= 0.6 is 27.3 Å². The normalized spacial score (nSPS) is 12.7. The zero-order valence-corrected chi connectivity index (χ0v) is 22.2. The number of benzene rings is 2. The van der Waals surface area contributed by atoms with E-state index in [1.165, 1.54) is 29.7 Å². The number of amides is 2. The van der Waals surface area contributed by atoms with Crippen molar-refractivity contribution in [1.29, 1.82) is 0 Å².